The van der Waals surface area contributed by atoms with Crippen molar-refractivity contribution in [2.75, 3.05) is 11.6 Å². The van der Waals surface area contributed by atoms with Crippen LogP contribution in [0, 0.1) is 6.92 Å². The molecule has 3 rings (SSSR count). The maximum absolute atomic E-state index is 12.6. The highest BCUT2D eigenvalue weighted by molar-refractivity contribution is 9.10. The van der Waals surface area contributed by atoms with Crippen LogP contribution >= 0.6 is 15.9 Å². The summed E-state index contributed by atoms with van der Waals surface area (Å²) in [7, 11) is -3.56. The zero-order valence-electron chi connectivity index (χ0n) is 12.9. The number of hydrogen-bond acceptors (Lipinski definition) is 4. The fourth-order valence-corrected chi connectivity index (χ4v) is 3.37. The van der Waals surface area contributed by atoms with Gasteiger partial charge >= 0.3 is 0 Å². The van der Waals surface area contributed by atoms with E-state index >= 15 is 0 Å². The quantitative estimate of drug-likeness (QED) is 0.723. The first-order chi connectivity index (χ1) is 11.3. The van der Waals surface area contributed by atoms with E-state index in [1.165, 1.54) is 4.40 Å². The van der Waals surface area contributed by atoms with Gasteiger partial charge in [-0.1, -0.05) is 22.0 Å². The fraction of sp³-hybridized carbons (Fsp3) is 0.125. The second kappa shape index (κ2) is 6.03. The van der Waals surface area contributed by atoms with Gasteiger partial charge in [-0.05, 0) is 42.8 Å². The summed E-state index contributed by atoms with van der Waals surface area (Å²) in [5.41, 5.74) is 2.08. The summed E-state index contributed by atoms with van der Waals surface area (Å²) in [6.45, 7) is 1.91. The number of pyridine rings is 1. The molecule has 2 heterocycles. The lowest BCUT2D eigenvalue weighted by atomic mass is 10.2. The van der Waals surface area contributed by atoms with Crippen LogP contribution in [0.3, 0.4) is 0 Å². The molecule has 0 unspecified atom stereocenters. The molecule has 0 spiro atoms. The number of halogens is 1. The lowest BCUT2D eigenvalue weighted by Gasteiger charge is -2.06. The highest BCUT2D eigenvalue weighted by Crippen LogP contribution is 2.22. The van der Waals surface area contributed by atoms with Crippen molar-refractivity contribution < 1.29 is 13.2 Å². The van der Waals surface area contributed by atoms with Crippen molar-refractivity contribution in [1.29, 1.82) is 0 Å². The Balaban J connectivity index is 2.05. The van der Waals surface area contributed by atoms with E-state index < -0.39 is 15.7 Å². The summed E-state index contributed by atoms with van der Waals surface area (Å²) in [5.74, 6) is -0.463. The van der Waals surface area contributed by atoms with Crippen molar-refractivity contribution >= 4 is 42.9 Å². The third-order valence-electron chi connectivity index (χ3n) is 3.48. The third kappa shape index (κ3) is 3.07. The van der Waals surface area contributed by atoms with Crippen LogP contribution in [-0.4, -0.2) is 30.0 Å². The van der Waals surface area contributed by atoms with Crippen molar-refractivity contribution in [1.82, 2.24) is 9.38 Å². The van der Waals surface area contributed by atoms with Crippen molar-refractivity contribution in [3.63, 3.8) is 0 Å². The number of imidazole rings is 1. The maximum atomic E-state index is 12.6. The second-order valence-corrected chi connectivity index (χ2v) is 8.15. The Morgan fingerprint density at radius 2 is 2.00 bits per heavy atom. The van der Waals surface area contributed by atoms with Crippen LogP contribution < -0.4 is 5.32 Å². The van der Waals surface area contributed by atoms with Gasteiger partial charge in [-0.2, -0.15) is 0 Å². The molecule has 0 saturated heterocycles. The molecule has 1 aromatic carbocycles. The maximum Gasteiger partial charge on any atom is 0.276 e. The van der Waals surface area contributed by atoms with Crippen LogP contribution in [0.2, 0.25) is 0 Å². The highest BCUT2D eigenvalue weighted by atomic mass is 79.9. The number of carbonyl (C=O) groups excluding carboxylic acids is 1. The van der Waals surface area contributed by atoms with Gasteiger partial charge in [0.1, 0.15) is 0 Å². The number of nitrogens with one attached hydrogen (secondary N) is 1. The summed E-state index contributed by atoms with van der Waals surface area (Å²) >= 11 is 3.40. The molecule has 0 saturated carbocycles. The number of carbonyl (C=O) groups is 1. The number of benzene rings is 1. The van der Waals surface area contributed by atoms with Gasteiger partial charge in [0.2, 0.25) is 15.0 Å². The molecule has 0 fully saturated rings. The molecule has 1 N–H and O–H groups in total. The number of aromatic nitrogens is 2. The topological polar surface area (TPSA) is 80.5 Å². The molecule has 0 radical (unpaired) electrons. The first-order valence-electron chi connectivity index (χ1n) is 7.02. The Bertz CT molecular complexity index is 1060. The SMILES string of the molecule is Cc1cc(NC(=O)c2nc(S(C)(=O)=O)n3ccccc23)ccc1Br. The molecule has 2 aromatic heterocycles. The van der Waals surface area contributed by atoms with Crippen LogP contribution in [-0.2, 0) is 9.84 Å². The number of amides is 1. The largest absolute Gasteiger partial charge is 0.321 e. The van der Waals surface area contributed by atoms with Crippen molar-refractivity contribution in [3.05, 3.63) is 58.3 Å². The number of nitrogens with zero attached hydrogens (tertiary/aromatic N) is 2. The molecule has 0 aliphatic carbocycles. The van der Waals surface area contributed by atoms with E-state index in [0.29, 0.717) is 11.2 Å². The summed E-state index contributed by atoms with van der Waals surface area (Å²) in [4.78, 5) is 16.6. The predicted molar refractivity (Wildman–Crippen MR) is 95.1 cm³/mol. The van der Waals surface area contributed by atoms with Crippen molar-refractivity contribution in [2.45, 2.75) is 12.1 Å². The third-order valence-corrected chi connectivity index (χ3v) is 5.32. The van der Waals surface area contributed by atoms with E-state index in [0.717, 1.165) is 16.3 Å². The van der Waals surface area contributed by atoms with Gasteiger partial charge in [0.05, 0.1) is 5.52 Å². The molecular weight excluding hydrogens is 394 g/mol. The van der Waals surface area contributed by atoms with Crippen molar-refractivity contribution in [2.24, 2.45) is 0 Å². The van der Waals surface area contributed by atoms with E-state index in [2.05, 4.69) is 26.2 Å². The molecular formula is C16H14BrN3O3S. The zero-order valence-corrected chi connectivity index (χ0v) is 15.3. The minimum atomic E-state index is -3.56. The Labute approximate surface area is 147 Å². The predicted octanol–water partition coefficient (Wildman–Crippen LogP) is 3.06. The van der Waals surface area contributed by atoms with Gasteiger partial charge in [-0.15, -0.1) is 0 Å². The minimum absolute atomic E-state index is 0.0663. The van der Waals surface area contributed by atoms with E-state index in [1.54, 1.807) is 30.5 Å². The van der Waals surface area contributed by atoms with E-state index in [1.807, 2.05) is 19.1 Å². The van der Waals surface area contributed by atoms with Gasteiger partial charge in [0.15, 0.2) is 5.69 Å². The highest BCUT2D eigenvalue weighted by Gasteiger charge is 2.22. The molecule has 1 amide bonds. The van der Waals surface area contributed by atoms with Crippen LogP contribution in [0.4, 0.5) is 5.69 Å². The molecule has 3 aromatic rings. The average Bonchev–Trinajstić information content (AvgIpc) is 2.91. The van der Waals surface area contributed by atoms with Crippen LogP contribution in [0.25, 0.3) is 5.52 Å². The van der Waals surface area contributed by atoms with Gasteiger partial charge in [0.25, 0.3) is 5.91 Å². The number of rotatable bonds is 3. The molecule has 24 heavy (non-hydrogen) atoms. The standard InChI is InChI=1S/C16H14BrN3O3S/c1-10-9-11(6-7-12(10)17)18-15(21)14-13-5-3-4-8-20(13)16(19-14)24(2,22)23/h3-9H,1-2H3,(H,18,21). The first-order valence-corrected chi connectivity index (χ1v) is 9.70. The molecule has 0 bridgehead atoms. The summed E-state index contributed by atoms with van der Waals surface area (Å²) < 4.78 is 26.1. The number of fused-ring (bicyclic) bond motifs is 1. The van der Waals surface area contributed by atoms with Gasteiger partial charge in [-0.25, -0.2) is 13.4 Å². The molecule has 8 heteroatoms. The Morgan fingerprint density at radius 3 is 2.67 bits per heavy atom. The number of hydrogen-bond donors (Lipinski definition) is 1. The average molecular weight is 408 g/mol. The minimum Gasteiger partial charge on any atom is -0.321 e. The summed E-state index contributed by atoms with van der Waals surface area (Å²) in [6.07, 6.45) is 2.63. The van der Waals surface area contributed by atoms with E-state index in [-0.39, 0.29) is 10.9 Å². The van der Waals surface area contributed by atoms with E-state index in [4.69, 9.17) is 0 Å². The van der Waals surface area contributed by atoms with Gasteiger partial charge in [-0.3, -0.25) is 9.20 Å². The van der Waals surface area contributed by atoms with Gasteiger partial charge < -0.3 is 5.32 Å². The molecule has 0 aliphatic heterocycles. The Kier molecular flexibility index (Phi) is 4.18. The molecule has 0 atom stereocenters. The number of aryl methyl sites for hydroxylation is 1. The fourth-order valence-electron chi connectivity index (χ4n) is 2.35. The Hall–Kier alpha value is -2.19. The number of anilines is 1. The molecule has 0 aliphatic rings. The Morgan fingerprint density at radius 1 is 1.25 bits per heavy atom. The lowest BCUT2D eigenvalue weighted by Crippen LogP contribution is -2.13. The lowest BCUT2D eigenvalue weighted by molar-refractivity contribution is 0.102. The van der Waals surface area contributed by atoms with E-state index in [9.17, 15) is 13.2 Å². The number of sulfone groups is 1. The van der Waals surface area contributed by atoms with Crippen LogP contribution in [0.15, 0.2) is 52.2 Å². The van der Waals surface area contributed by atoms with Gasteiger partial charge in [0, 0.05) is 22.6 Å². The summed E-state index contributed by atoms with van der Waals surface area (Å²) in [5, 5.41) is 2.60. The smallest absolute Gasteiger partial charge is 0.276 e. The van der Waals surface area contributed by atoms with Crippen LogP contribution in [0.5, 0.6) is 0 Å². The van der Waals surface area contributed by atoms with Crippen molar-refractivity contribution in [3.8, 4) is 0 Å². The molecule has 124 valence electrons. The normalized spacial score (nSPS) is 11.6. The molecule has 6 nitrogen and oxygen atoms in total. The second-order valence-electron chi connectivity index (χ2n) is 5.39. The summed E-state index contributed by atoms with van der Waals surface area (Å²) in [6, 6.07) is 10.5. The monoisotopic (exact) mass is 407 g/mol. The zero-order chi connectivity index (χ0) is 17.5. The first kappa shape index (κ1) is 16.7. The van der Waals surface area contributed by atoms with Crippen LogP contribution in [0.1, 0.15) is 16.1 Å².